The molecule has 1 fully saturated rings. The lowest BCUT2D eigenvalue weighted by molar-refractivity contribution is -0.145. The summed E-state index contributed by atoms with van der Waals surface area (Å²) in [5, 5.41) is 2.29. The standard InChI is InChI=1S/C35H33NO5S/c1-35(2,3)41-34(38)36-21-26(20-30(36)33(37)39-4)42-25-18-16-23(17-19-25)22-12-14-24(15-13-22)27-9-7-10-29-28-8-5-6-11-31(28)40-32(27)29/h5-19,26,30H,20-21H2,1-4H3/t26?,30-/m0/s1. The van der Waals surface area contributed by atoms with Crippen LogP contribution in [0.15, 0.2) is 100 Å². The van der Waals surface area contributed by atoms with Crippen LogP contribution in [0.4, 0.5) is 4.79 Å². The zero-order chi connectivity index (χ0) is 29.4. The molecule has 0 radical (unpaired) electrons. The summed E-state index contributed by atoms with van der Waals surface area (Å²) in [4.78, 5) is 27.8. The number of esters is 1. The topological polar surface area (TPSA) is 69.0 Å². The van der Waals surface area contributed by atoms with Crippen molar-refractivity contribution < 1.29 is 23.5 Å². The van der Waals surface area contributed by atoms with Gasteiger partial charge < -0.3 is 13.9 Å². The van der Waals surface area contributed by atoms with E-state index in [1.54, 1.807) is 11.8 Å². The highest BCUT2D eigenvalue weighted by Gasteiger charge is 2.42. The maximum atomic E-state index is 12.8. The minimum absolute atomic E-state index is 0.0488. The molecule has 6 nitrogen and oxygen atoms in total. The molecular formula is C35H33NO5S. The van der Waals surface area contributed by atoms with Gasteiger partial charge in [0.2, 0.25) is 0 Å². The Hall–Kier alpha value is -4.23. The van der Waals surface area contributed by atoms with E-state index >= 15 is 0 Å². The van der Waals surface area contributed by atoms with E-state index in [0.29, 0.717) is 13.0 Å². The second-order valence-corrected chi connectivity index (χ2v) is 12.9. The third-order valence-corrected chi connectivity index (χ3v) is 8.67. The van der Waals surface area contributed by atoms with Crippen molar-refractivity contribution in [2.24, 2.45) is 0 Å². The van der Waals surface area contributed by atoms with E-state index in [1.807, 2.05) is 39.0 Å². The lowest BCUT2D eigenvalue weighted by atomic mass is 9.99. The fraction of sp³-hybridized carbons (Fsp3) is 0.257. The number of rotatable bonds is 5. The summed E-state index contributed by atoms with van der Waals surface area (Å²) in [6.45, 7) is 5.87. The predicted octanol–water partition coefficient (Wildman–Crippen LogP) is 8.56. The fourth-order valence-electron chi connectivity index (χ4n) is 5.50. The van der Waals surface area contributed by atoms with Crippen molar-refractivity contribution in [1.82, 2.24) is 4.90 Å². The van der Waals surface area contributed by atoms with E-state index in [4.69, 9.17) is 13.9 Å². The van der Waals surface area contributed by atoms with Crippen molar-refractivity contribution >= 4 is 45.8 Å². The van der Waals surface area contributed by atoms with Crippen molar-refractivity contribution in [2.45, 2.75) is 49.0 Å². The van der Waals surface area contributed by atoms with Crippen LogP contribution in [0, 0.1) is 0 Å². The molecule has 7 heteroatoms. The number of hydrogen-bond donors (Lipinski definition) is 0. The monoisotopic (exact) mass is 579 g/mol. The third-order valence-electron chi connectivity index (χ3n) is 7.45. The van der Waals surface area contributed by atoms with Crippen molar-refractivity contribution in [3.05, 3.63) is 91.0 Å². The molecule has 2 heterocycles. The molecule has 2 atom stereocenters. The molecule has 1 saturated heterocycles. The van der Waals surface area contributed by atoms with Gasteiger partial charge in [0.05, 0.1) is 7.11 Å². The minimum atomic E-state index is -0.648. The van der Waals surface area contributed by atoms with Gasteiger partial charge in [0.25, 0.3) is 0 Å². The summed E-state index contributed by atoms with van der Waals surface area (Å²) in [6, 6.07) is 30.7. The summed E-state index contributed by atoms with van der Waals surface area (Å²) < 4.78 is 16.8. The first-order chi connectivity index (χ1) is 20.2. The Bertz CT molecular complexity index is 1750. The van der Waals surface area contributed by atoms with Crippen LogP contribution >= 0.6 is 11.8 Å². The molecule has 0 saturated carbocycles. The summed E-state index contributed by atoms with van der Waals surface area (Å²) >= 11 is 1.66. The molecule has 1 aliphatic heterocycles. The van der Waals surface area contributed by atoms with E-state index in [0.717, 1.165) is 49.1 Å². The lowest BCUT2D eigenvalue weighted by Gasteiger charge is -2.27. The molecule has 1 unspecified atom stereocenters. The number of ether oxygens (including phenoxy) is 2. The molecular weight excluding hydrogens is 546 g/mol. The van der Waals surface area contributed by atoms with Crippen LogP contribution in [-0.2, 0) is 14.3 Å². The number of nitrogens with zero attached hydrogens (tertiary/aromatic N) is 1. The minimum Gasteiger partial charge on any atom is -0.467 e. The molecule has 0 N–H and O–H groups in total. The number of carbonyl (C=O) groups is 2. The normalized spacial score (nSPS) is 17.1. The van der Waals surface area contributed by atoms with Gasteiger partial charge in [-0.1, -0.05) is 72.8 Å². The van der Waals surface area contributed by atoms with Gasteiger partial charge in [0.15, 0.2) is 0 Å². The largest absolute Gasteiger partial charge is 0.467 e. The van der Waals surface area contributed by atoms with Gasteiger partial charge in [0.1, 0.15) is 22.8 Å². The number of carbonyl (C=O) groups excluding carboxylic acids is 2. The average molecular weight is 580 g/mol. The fourth-order valence-corrected chi connectivity index (χ4v) is 6.69. The Morgan fingerprint density at radius 1 is 0.833 bits per heavy atom. The highest BCUT2D eigenvalue weighted by Crippen LogP contribution is 2.37. The number of likely N-dealkylation sites (tertiary alicyclic amines) is 1. The lowest BCUT2D eigenvalue weighted by Crippen LogP contribution is -2.43. The number of furan rings is 1. The molecule has 42 heavy (non-hydrogen) atoms. The van der Waals surface area contributed by atoms with Crippen LogP contribution in [0.25, 0.3) is 44.2 Å². The van der Waals surface area contributed by atoms with Gasteiger partial charge in [-0.15, -0.1) is 11.8 Å². The number of thioether (sulfide) groups is 1. The number of amides is 1. The van der Waals surface area contributed by atoms with Gasteiger partial charge in [-0.25, -0.2) is 9.59 Å². The molecule has 4 aromatic carbocycles. The average Bonchev–Trinajstić information content (AvgIpc) is 3.58. The van der Waals surface area contributed by atoms with Crippen molar-refractivity contribution in [1.29, 1.82) is 0 Å². The molecule has 0 bridgehead atoms. The Balaban J connectivity index is 1.16. The van der Waals surface area contributed by atoms with Crippen LogP contribution in [-0.4, -0.2) is 47.5 Å². The van der Waals surface area contributed by atoms with E-state index in [2.05, 4.69) is 72.8 Å². The summed E-state index contributed by atoms with van der Waals surface area (Å²) in [5.74, 6) is -0.417. The van der Waals surface area contributed by atoms with Crippen LogP contribution < -0.4 is 0 Å². The molecule has 6 rings (SSSR count). The maximum absolute atomic E-state index is 12.8. The zero-order valence-electron chi connectivity index (χ0n) is 24.1. The van der Waals surface area contributed by atoms with Crippen LogP contribution in [0.2, 0.25) is 0 Å². The van der Waals surface area contributed by atoms with Crippen LogP contribution in [0.3, 0.4) is 0 Å². The molecule has 0 spiro atoms. The maximum Gasteiger partial charge on any atom is 0.411 e. The van der Waals surface area contributed by atoms with Crippen molar-refractivity contribution in [2.75, 3.05) is 13.7 Å². The number of para-hydroxylation sites is 2. The summed E-state index contributed by atoms with van der Waals surface area (Å²) in [7, 11) is 1.35. The molecule has 1 amide bonds. The Morgan fingerprint density at radius 2 is 1.48 bits per heavy atom. The first-order valence-corrected chi connectivity index (χ1v) is 14.9. The number of fused-ring (bicyclic) bond motifs is 3. The summed E-state index contributed by atoms with van der Waals surface area (Å²) in [5.41, 5.74) is 5.56. The van der Waals surface area contributed by atoms with Gasteiger partial charge in [0, 0.05) is 33.0 Å². The second-order valence-electron chi connectivity index (χ2n) is 11.5. The van der Waals surface area contributed by atoms with E-state index in [-0.39, 0.29) is 5.25 Å². The van der Waals surface area contributed by atoms with E-state index in [1.165, 1.54) is 12.0 Å². The number of hydrogen-bond acceptors (Lipinski definition) is 6. The quantitative estimate of drug-likeness (QED) is 0.194. The Morgan fingerprint density at radius 3 is 2.17 bits per heavy atom. The molecule has 1 aromatic heterocycles. The molecule has 1 aliphatic rings. The van der Waals surface area contributed by atoms with Crippen LogP contribution in [0.1, 0.15) is 27.2 Å². The van der Waals surface area contributed by atoms with Gasteiger partial charge in [-0.3, -0.25) is 4.90 Å². The Kier molecular flexibility index (Phi) is 7.45. The number of benzene rings is 4. The third kappa shape index (κ3) is 5.61. The van der Waals surface area contributed by atoms with Crippen molar-refractivity contribution in [3.63, 3.8) is 0 Å². The second kappa shape index (κ2) is 11.2. The Labute approximate surface area is 249 Å². The smallest absolute Gasteiger partial charge is 0.411 e. The van der Waals surface area contributed by atoms with Gasteiger partial charge in [-0.05, 0) is 62.1 Å². The number of methoxy groups -OCH3 is 1. The van der Waals surface area contributed by atoms with E-state index in [9.17, 15) is 9.59 Å². The molecule has 214 valence electrons. The van der Waals surface area contributed by atoms with Gasteiger partial charge >= 0.3 is 12.1 Å². The van der Waals surface area contributed by atoms with E-state index < -0.39 is 23.7 Å². The van der Waals surface area contributed by atoms with Crippen molar-refractivity contribution in [3.8, 4) is 22.3 Å². The SMILES string of the molecule is COC(=O)[C@@H]1CC(Sc2ccc(-c3ccc(-c4cccc5c4oc4ccccc45)cc3)cc2)CN1C(=O)OC(C)(C)C. The highest BCUT2D eigenvalue weighted by atomic mass is 32.2. The predicted molar refractivity (Wildman–Crippen MR) is 168 cm³/mol. The zero-order valence-corrected chi connectivity index (χ0v) is 24.9. The molecule has 5 aromatic rings. The first kappa shape index (κ1) is 27.9. The first-order valence-electron chi connectivity index (χ1n) is 14.1. The summed E-state index contributed by atoms with van der Waals surface area (Å²) in [6.07, 6.45) is 0.0222. The molecule has 0 aliphatic carbocycles. The van der Waals surface area contributed by atoms with Gasteiger partial charge in [-0.2, -0.15) is 0 Å². The van der Waals surface area contributed by atoms with Crippen LogP contribution in [0.5, 0.6) is 0 Å². The highest BCUT2D eigenvalue weighted by molar-refractivity contribution is 8.00.